The lowest BCUT2D eigenvalue weighted by Gasteiger charge is -2.04. The molecule has 0 N–H and O–H groups in total. The van der Waals surface area contributed by atoms with Crippen LogP contribution in [0.25, 0.3) is 0 Å². The van der Waals surface area contributed by atoms with Gasteiger partial charge in [-0.3, -0.25) is 4.21 Å². The molecule has 0 fully saturated rings. The Morgan fingerprint density at radius 1 is 1.38 bits per heavy atom. The van der Waals surface area contributed by atoms with E-state index in [1.54, 1.807) is 0 Å². The Morgan fingerprint density at radius 2 is 2.12 bits per heavy atom. The minimum atomic E-state index is -0.889. The van der Waals surface area contributed by atoms with Gasteiger partial charge in [-0.2, -0.15) is 0 Å². The number of benzene rings is 1. The van der Waals surface area contributed by atoms with Crippen LogP contribution in [0.3, 0.4) is 0 Å². The van der Waals surface area contributed by atoms with Crippen LogP contribution >= 0.6 is 12.2 Å². The number of rotatable bonds is 6. The van der Waals surface area contributed by atoms with Crippen molar-refractivity contribution in [3.05, 3.63) is 29.8 Å². The zero-order chi connectivity index (χ0) is 11.8. The lowest BCUT2D eigenvalue weighted by Crippen LogP contribution is -2.00. The fourth-order valence-corrected chi connectivity index (χ4v) is 2.83. The van der Waals surface area contributed by atoms with Gasteiger partial charge in [0.25, 0.3) is 0 Å². The molecule has 16 heavy (non-hydrogen) atoms. The average molecular weight is 253 g/mol. The normalized spacial score (nSPS) is 11.8. The van der Waals surface area contributed by atoms with Gasteiger partial charge in [-0.1, -0.05) is 18.2 Å². The predicted octanol–water partition coefficient (Wildman–Crippen LogP) is 2.99. The molecule has 0 aliphatic carbocycles. The Balaban J connectivity index is 2.41. The van der Waals surface area contributed by atoms with E-state index < -0.39 is 10.8 Å². The van der Waals surface area contributed by atoms with Gasteiger partial charge in [-0.25, -0.2) is 4.99 Å². The van der Waals surface area contributed by atoms with E-state index in [1.165, 1.54) is 0 Å². The number of hydrogen-bond acceptors (Lipinski definition) is 3. The van der Waals surface area contributed by atoms with E-state index in [9.17, 15) is 4.21 Å². The van der Waals surface area contributed by atoms with E-state index in [0.29, 0.717) is 12.3 Å². The van der Waals surface area contributed by atoms with Crippen LogP contribution in [0, 0.1) is 6.92 Å². The molecule has 0 radical (unpaired) electrons. The van der Waals surface area contributed by atoms with Gasteiger partial charge in [0, 0.05) is 17.2 Å². The summed E-state index contributed by atoms with van der Waals surface area (Å²) in [7, 11) is -0.889. The summed E-state index contributed by atoms with van der Waals surface area (Å²) in [4.78, 5) is 4.77. The first-order valence-corrected chi connectivity index (χ1v) is 6.96. The highest BCUT2D eigenvalue weighted by atomic mass is 32.2. The molecular formula is C12H15NOS2. The summed E-state index contributed by atoms with van der Waals surface area (Å²) < 4.78 is 11.9. The van der Waals surface area contributed by atoms with Crippen molar-refractivity contribution in [1.82, 2.24) is 0 Å². The van der Waals surface area contributed by atoms with Crippen molar-refractivity contribution >= 4 is 28.2 Å². The van der Waals surface area contributed by atoms with Crippen LogP contribution in [0.2, 0.25) is 0 Å². The molecule has 0 aliphatic rings. The summed E-state index contributed by atoms with van der Waals surface area (Å²) in [5.74, 6) is 0.692. The van der Waals surface area contributed by atoms with Crippen molar-refractivity contribution in [3.8, 4) is 0 Å². The molecule has 0 saturated heterocycles. The highest BCUT2D eigenvalue weighted by Gasteiger charge is 2.05. The minimum Gasteiger partial charge on any atom is -0.254 e. The predicted molar refractivity (Wildman–Crippen MR) is 71.6 cm³/mol. The molecule has 0 heterocycles. The third kappa shape index (κ3) is 4.35. The molecule has 0 aromatic heterocycles. The molecule has 0 aliphatic heterocycles. The minimum absolute atomic E-state index is 0.689. The van der Waals surface area contributed by atoms with Gasteiger partial charge in [0.2, 0.25) is 0 Å². The lowest BCUT2D eigenvalue weighted by molar-refractivity contribution is 0.677. The topological polar surface area (TPSA) is 29.4 Å². The van der Waals surface area contributed by atoms with Gasteiger partial charge in [0.1, 0.15) is 0 Å². The smallest absolute Gasteiger partial charge is 0.0584 e. The number of aliphatic imine (C=N–C) groups is 1. The van der Waals surface area contributed by atoms with E-state index in [4.69, 9.17) is 0 Å². The highest BCUT2D eigenvalue weighted by Crippen LogP contribution is 2.13. The van der Waals surface area contributed by atoms with Crippen LogP contribution in [0.1, 0.15) is 18.4 Å². The number of thiocarbonyl (C=S) groups is 1. The molecule has 1 atom stereocenters. The average Bonchev–Trinajstić information content (AvgIpc) is 2.29. The number of aryl methyl sites for hydroxylation is 1. The monoisotopic (exact) mass is 253 g/mol. The molecule has 2 nitrogen and oxygen atoms in total. The molecule has 0 spiro atoms. The van der Waals surface area contributed by atoms with Crippen molar-refractivity contribution in [1.29, 1.82) is 0 Å². The maximum atomic E-state index is 11.9. The summed E-state index contributed by atoms with van der Waals surface area (Å²) in [6, 6.07) is 7.81. The number of nitrogens with zero attached hydrogens (tertiary/aromatic N) is 1. The van der Waals surface area contributed by atoms with E-state index in [2.05, 4.69) is 22.4 Å². The Hall–Kier alpha value is -0.830. The Bertz CT molecular complexity index is 411. The van der Waals surface area contributed by atoms with Crippen LogP contribution in [-0.4, -0.2) is 21.7 Å². The second kappa shape index (κ2) is 7.44. The fourth-order valence-electron chi connectivity index (χ4n) is 1.39. The van der Waals surface area contributed by atoms with Crippen molar-refractivity contribution in [2.75, 3.05) is 12.3 Å². The van der Waals surface area contributed by atoms with Gasteiger partial charge in [-0.05, 0) is 43.6 Å². The van der Waals surface area contributed by atoms with Crippen LogP contribution in [0.15, 0.2) is 34.2 Å². The number of unbranched alkanes of at least 4 members (excludes halogenated alkanes) is 1. The van der Waals surface area contributed by atoms with Gasteiger partial charge >= 0.3 is 0 Å². The molecule has 0 amide bonds. The molecule has 4 heteroatoms. The molecular weight excluding hydrogens is 238 g/mol. The summed E-state index contributed by atoms with van der Waals surface area (Å²) in [6.07, 6.45) is 1.82. The van der Waals surface area contributed by atoms with Crippen molar-refractivity contribution in [2.45, 2.75) is 24.7 Å². The number of hydrogen-bond donors (Lipinski definition) is 0. The standard InChI is InChI=1S/C12H15NOS2/c1-11-6-2-3-7-12(11)16(14)9-5-4-8-13-10-15/h2-3,6-7H,4-5,8-9H2,1H3. The molecule has 86 valence electrons. The summed E-state index contributed by atoms with van der Waals surface area (Å²) >= 11 is 4.47. The van der Waals surface area contributed by atoms with Crippen molar-refractivity contribution in [2.24, 2.45) is 4.99 Å². The van der Waals surface area contributed by atoms with E-state index in [0.717, 1.165) is 23.3 Å². The lowest BCUT2D eigenvalue weighted by atomic mass is 10.2. The van der Waals surface area contributed by atoms with E-state index in [-0.39, 0.29) is 0 Å². The van der Waals surface area contributed by atoms with Crippen LogP contribution < -0.4 is 0 Å². The number of isothiocyanates is 1. The SMILES string of the molecule is Cc1ccccc1S(=O)CCCCN=C=S. The highest BCUT2D eigenvalue weighted by molar-refractivity contribution is 7.85. The first kappa shape index (κ1) is 13.2. The molecule has 0 saturated carbocycles. The molecule has 1 aromatic carbocycles. The Kier molecular flexibility index (Phi) is 6.16. The first-order valence-electron chi connectivity index (χ1n) is 5.23. The first-order chi connectivity index (χ1) is 7.75. The maximum Gasteiger partial charge on any atom is 0.0584 e. The van der Waals surface area contributed by atoms with Gasteiger partial charge in [-0.15, -0.1) is 0 Å². The van der Waals surface area contributed by atoms with Gasteiger partial charge in [0.15, 0.2) is 0 Å². The Labute approximate surface area is 104 Å². The summed E-state index contributed by atoms with van der Waals surface area (Å²) in [5, 5.41) is 2.33. The molecule has 0 bridgehead atoms. The summed E-state index contributed by atoms with van der Waals surface area (Å²) in [6.45, 7) is 2.68. The second-order valence-corrected chi connectivity index (χ2v) is 5.22. The third-order valence-electron chi connectivity index (χ3n) is 2.25. The van der Waals surface area contributed by atoms with Crippen LogP contribution in [0.4, 0.5) is 0 Å². The van der Waals surface area contributed by atoms with Crippen molar-refractivity contribution in [3.63, 3.8) is 0 Å². The zero-order valence-corrected chi connectivity index (χ0v) is 10.9. The molecule has 1 rings (SSSR count). The largest absolute Gasteiger partial charge is 0.254 e. The Morgan fingerprint density at radius 3 is 2.81 bits per heavy atom. The second-order valence-electron chi connectivity index (χ2n) is 3.50. The summed E-state index contributed by atoms with van der Waals surface area (Å²) in [5.41, 5.74) is 1.10. The fraction of sp³-hybridized carbons (Fsp3) is 0.417. The molecule has 1 unspecified atom stereocenters. The van der Waals surface area contributed by atoms with Gasteiger partial charge in [0.05, 0.1) is 16.0 Å². The van der Waals surface area contributed by atoms with Crippen molar-refractivity contribution < 1.29 is 4.21 Å². The zero-order valence-electron chi connectivity index (χ0n) is 9.31. The molecule has 1 aromatic rings. The quantitative estimate of drug-likeness (QED) is 0.443. The maximum absolute atomic E-state index is 11.9. The van der Waals surface area contributed by atoms with E-state index >= 15 is 0 Å². The van der Waals surface area contributed by atoms with Crippen LogP contribution in [-0.2, 0) is 10.8 Å². The van der Waals surface area contributed by atoms with Gasteiger partial charge < -0.3 is 0 Å². The van der Waals surface area contributed by atoms with E-state index in [1.807, 2.05) is 31.2 Å². The van der Waals surface area contributed by atoms with Crippen LogP contribution in [0.5, 0.6) is 0 Å². The third-order valence-corrected chi connectivity index (χ3v) is 3.99.